The number of carbonyl (C=O) groups excluding carboxylic acids is 3. The summed E-state index contributed by atoms with van der Waals surface area (Å²) in [4.78, 5) is 38.7. The van der Waals surface area contributed by atoms with Crippen LogP contribution >= 0.6 is 0 Å². The average Bonchev–Trinajstić information content (AvgIpc) is 2.88. The van der Waals surface area contributed by atoms with Crippen molar-refractivity contribution in [3.63, 3.8) is 0 Å². The van der Waals surface area contributed by atoms with E-state index in [-0.39, 0.29) is 5.69 Å². The molecule has 2 rings (SSSR count). The van der Waals surface area contributed by atoms with Crippen LogP contribution in [0.3, 0.4) is 0 Å². The van der Waals surface area contributed by atoms with E-state index in [0.29, 0.717) is 28.1 Å². The molecule has 0 bridgehead atoms. The number of nitrogens with one attached hydrogen (secondary N) is 2. The zero-order valence-electron chi connectivity index (χ0n) is 13.9. The van der Waals surface area contributed by atoms with E-state index in [9.17, 15) is 14.4 Å². The number of aryl methyl sites for hydroxylation is 1. The lowest BCUT2D eigenvalue weighted by Crippen LogP contribution is -2.14. The largest absolute Gasteiger partial charge is 0.465 e. The lowest BCUT2D eigenvalue weighted by atomic mass is 10.1. The Morgan fingerprint density at radius 3 is 2.33 bits per heavy atom. The van der Waals surface area contributed by atoms with Gasteiger partial charge in [-0.1, -0.05) is 6.07 Å². The molecule has 0 aliphatic carbocycles. The van der Waals surface area contributed by atoms with Crippen molar-refractivity contribution in [1.29, 1.82) is 0 Å². The molecular weight excluding hydrogens is 312 g/mol. The molecule has 0 radical (unpaired) electrons. The summed E-state index contributed by atoms with van der Waals surface area (Å²) in [6, 6.07) is 6.38. The second-order valence-corrected chi connectivity index (χ2v) is 5.14. The Balaban J connectivity index is 2.28. The smallest absolute Gasteiger partial charge is 0.339 e. The number of aromatic amines is 1. The van der Waals surface area contributed by atoms with Gasteiger partial charge in [0.25, 0.3) is 5.91 Å². The highest BCUT2D eigenvalue weighted by Gasteiger charge is 2.22. The van der Waals surface area contributed by atoms with E-state index in [1.807, 2.05) is 0 Å². The molecule has 0 saturated heterocycles. The molecule has 1 aromatic heterocycles. The van der Waals surface area contributed by atoms with Crippen molar-refractivity contribution in [3.8, 4) is 0 Å². The quantitative estimate of drug-likeness (QED) is 0.839. The Labute approximate surface area is 139 Å². The van der Waals surface area contributed by atoms with Crippen LogP contribution in [-0.2, 0) is 9.47 Å². The highest BCUT2D eigenvalue weighted by Crippen LogP contribution is 2.20. The van der Waals surface area contributed by atoms with Gasteiger partial charge >= 0.3 is 11.9 Å². The average molecular weight is 330 g/mol. The number of H-pyrrole nitrogens is 1. The molecule has 1 aromatic carbocycles. The first-order chi connectivity index (χ1) is 11.4. The number of hydrogen-bond acceptors (Lipinski definition) is 5. The Kier molecular flexibility index (Phi) is 5.03. The number of benzene rings is 1. The maximum Gasteiger partial charge on any atom is 0.339 e. The Hall–Kier alpha value is -3.09. The van der Waals surface area contributed by atoms with Crippen molar-refractivity contribution in [2.45, 2.75) is 13.8 Å². The normalized spacial score (nSPS) is 10.2. The zero-order valence-corrected chi connectivity index (χ0v) is 13.9. The molecule has 126 valence electrons. The summed E-state index contributed by atoms with van der Waals surface area (Å²) in [5.74, 6) is -1.42. The van der Waals surface area contributed by atoms with Crippen LogP contribution in [0.5, 0.6) is 0 Å². The predicted octanol–water partition coefficient (Wildman–Crippen LogP) is 2.46. The molecule has 2 aromatic rings. The number of hydrogen-bond donors (Lipinski definition) is 2. The highest BCUT2D eigenvalue weighted by molar-refractivity contribution is 6.07. The van der Waals surface area contributed by atoms with Crippen molar-refractivity contribution >= 4 is 23.5 Å². The van der Waals surface area contributed by atoms with E-state index in [4.69, 9.17) is 4.74 Å². The number of anilines is 1. The number of aromatic nitrogens is 1. The summed E-state index contributed by atoms with van der Waals surface area (Å²) in [5, 5.41) is 2.69. The molecule has 2 N–H and O–H groups in total. The minimum atomic E-state index is -0.506. The highest BCUT2D eigenvalue weighted by atomic mass is 16.5. The van der Waals surface area contributed by atoms with Crippen LogP contribution in [0.4, 0.5) is 5.69 Å². The fraction of sp³-hybridized carbons (Fsp3) is 0.235. The molecule has 0 fully saturated rings. The maximum absolute atomic E-state index is 12.5. The number of methoxy groups -OCH3 is 2. The van der Waals surface area contributed by atoms with Crippen molar-refractivity contribution in [3.05, 3.63) is 52.3 Å². The Bertz CT molecular complexity index is 807. The molecule has 0 saturated carbocycles. The topological polar surface area (TPSA) is 97.5 Å². The van der Waals surface area contributed by atoms with Crippen molar-refractivity contribution in [2.24, 2.45) is 0 Å². The van der Waals surface area contributed by atoms with Crippen LogP contribution in [-0.4, -0.2) is 37.0 Å². The van der Waals surface area contributed by atoms with Crippen LogP contribution < -0.4 is 5.32 Å². The SMILES string of the molecule is COC(=O)c1cccc(NC(=O)c2[nH]c(C)c(C(=O)OC)c2C)c1. The number of ether oxygens (including phenoxy) is 2. The van der Waals surface area contributed by atoms with E-state index >= 15 is 0 Å². The number of rotatable bonds is 4. The second-order valence-electron chi connectivity index (χ2n) is 5.14. The third kappa shape index (κ3) is 3.29. The molecule has 1 amide bonds. The van der Waals surface area contributed by atoms with Gasteiger partial charge < -0.3 is 19.8 Å². The molecule has 0 atom stereocenters. The molecule has 0 spiro atoms. The summed E-state index contributed by atoms with van der Waals surface area (Å²) in [7, 11) is 2.57. The fourth-order valence-electron chi connectivity index (χ4n) is 2.42. The molecule has 0 aliphatic heterocycles. The van der Waals surface area contributed by atoms with Gasteiger partial charge in [-0.25, -0.2) is 9.59 Å². The van der Waals surface area contributed by atoms with E-state index in [1.54, 1.807) is 32.0 Å². The van der Waals surface area contributed by atoms with Gasteiger partial charge in [-0.2, -0.15) is 0 Å². The van der Waals surface area contributed by atoms with E-state index in [0.717, 1.165) is 0 Å². The standard InChI is InChI=1S/C17H18N2O5/c1-9-13(17(22)24-4)10(2)18-14(9)15(20)19-12-7-5-6-11(8-12)16(21)23-3/h5-8,18H,1-4H3,(H,19,20). The van der Waals surface area contributed by atoms with E-state index in [1.165, 1.54) is 20.3 Å². The molecule has 0 unspecified atom stereocenters. The van der Waals surface area contributed by atoms with Crippen LogP contribution in [0.2, 0.25) is 0 Å². The third-order valence-electron chi connectivity index (χ3n) is 3.60. The summed E-state index contributed by atoms with van der Waals surface area (Å²) in [6.45, 7) is 3.35. The number of esters is 2. The van der Waals surface area contributed by atoms with Crippen molar-refractivity contribution < 1.29 is 23.9 Å². The van der Waals surface area contributed by atoms with Crippen LogP contribution in [0, 0.1) is 13.8 Å². The van der Waals surface area contributed by atoms with E-state index in [2.05, 4.69) is 15.0 Å². The lowest BCUT2D eigenvalue weighted by molar-refractivity contribution is 0.0591. The molecule has 7 heteroatoms. The number of carbonyl (C=O) groups is 3. The second kappa shape index (κ2) is 6.99. The monoisotopic (exact) mass is 330 g/mol. The van der Waals surface area contributed by atoms with Gasteiger partial charge in [-0.3, -0.25) is 4.79 Å². The first-order valence-electron chi connectivity index (χ1n) is 7.16. The minimum Gasteiger partial charge on any atom is -0.465 e. The third-order valence-corrected chi connectivity index (χ3v) is 3.60. The van der Waals surface area contributed by atoms with Gasteiger partial charge in [-0.15, -0.1) is 0 Å². The first-order valence-corrected chi connectivity index (χ1v) is 7.16. The molecular formula is C17H18N2O5. The summed E-state index contributed by atoms with van der Waals surface area (Å²) >= 11 is 0. The zero-order chi connectivity index (χ0) is 17.9. The van der Waals surface area contributed by atoms with Gasteiger partial charge in [0.1, 0.15) is 5.69 Å². The van der Waals surface area contributed by atoms with Gasteiger partial charge in [0.05, 0.1) is 25.3 Å². The van der Waals surface area contributed by atoms with Gasteiger partial charge in [0.15, 0.2) is 0 Å². The minimum absolute atomic E-state index is 0.261. The molecule has 0 aliphatic rings. The van der Waals surface area contributed by atoms with Crippen molar-refractivity contribution in [2.75, 3.05) is 19.5 Å². The van der Waals surface area contributed by atoms with Crippen LogP contribution in [0.15, 0.2) is 24.3 Å². The summed E-state index contributed by atoms with van der Waals surface area (Å²) in [6.07, 6.45) is 0. The first kappa shape index (κ1) is 17.3. The molecule has 1 heterocycles. The predicted molar refractivity (Wildman–Crippen MR) is 87.3 cm³/mol. The fourth-order valence-corrected chi connectivity index (χ4v) is 2.42. The summed E-state index contributed by atoms with van der Waals surface area (Å²) < 4.78 is 9.37. The van der Waals surface area contributed by atoms with Gasteiger partial charge in [-0.05, 0) is 37.6 Å². The Morgan fingerprint density at radius 2 is 1.71 bits per heavy atom. The van der Waals surface area contributed by atoms with Crippen LogP contribution in [0.1, 0.15) is 42.5 Å². The van der Waals surface area contributed by atoms with Crippen molar-refractivity contribution in [1.82, 2.24) is 4.98 Å². The maximum atomic E-state index is 12.5. The summed E-state index contributed by atoms with van der Waals surface area (Å²) in [5.41, 5.74) is 2.41. The molecule has 7 nitrogen and oxygen atoms in total. The van der Waals surface area contributed by atoms with E-state index < -0.39 is 17.8 Å². The van der Waals surface area contributed by atoms with Gasteiger partial charge in [0.2, 0.25) is 0 Å². The van der Waals surface area contributed by atoms with Gasteiger partial charge in [0, 0.05) is 11.4 Å². The molecule has 24 heavy (non-hydrogen) atoms. The van der Waals surface area contributed by atoms with Crippen LogP contribution in [0.25, 0.3) is 0 Å². The number of amides is 1. The lowest BCUT2D eigenvalue weighted by Gasteiger charge is -2.07. The Morgan fingerprint density at radius 1 is 1.04 bits per heavy atom.